The first-order valence-corrected chi connectivity index (χ1v) is 10.0. The van der Waals surface area contributed by atoms with Gasteiger partial charge in [-0.15, -0.1) is 0 Å². The minimum absolute atomic E-state index is 0.700. The SMILES string of the molecule is CCCN(CC)CCCOc1cc2nc(C)c3c(c2cc1OC)CCC3. The quantitative estimate of drug-likeness (QED) is 0.618. The van der Waals surface area contributed by atoms with Crippen molar-refractivity contribution < 1.29 is 9.47 Å². The summed E-state index contributed by atoms with van der Waals surface area (Å²) in [6, 6.07) is 4.18. The van der Waals surface area contributed by atoms with E-state index in [2.05, 4.69) is 37.8 Å². The molecule has 1 aromatic carbocycles. The van der Waals surface area contributed by atoms with Gasteiger partial charge in [-0.2, -0.15) is 0 Å². The van der Waals surface area contributed by atoms with Crippen molar-refractivity contribution >= 4 is 10.9 Å². The Kier molecular flexibility index (Phi) is 6.36. The first-order chi connectivity index (χ1) is 12.7. The molecule has 1 aliphatic carbocycles. The van der Waals surface area contributed by atoms with Crippen LogP contribution in [0, 0.1) is 6.92 Å². The third-order valence-electron chi connectivity index (χ3n) is 5.41. The van der Waals surface area contributed by atoms with Crippen molar-refractivity contribution in [1.82, 2.24) is 9.88 Å². The summed E-state index contributed by atoms with van der Waals surface area (Å²) < 4.78 is 11.7. The van der Waals surface area contributed by atoms with E-state index < -0.39 is 0 Å². The van der Waals surface area contributed by atoms with Gasteiger partial charge in [0.05, 0.1) is 19.2 Å². The smallest absolute Gasteiger partial charge is 0.163 e. The normalized spacial score (nSPS) is 13.4. The first kappa shape index (κ1) is 19.0. The fourth-order valence-corrected chi connectivity index (χ4v) is 4.06. The molecule has 0 fully saturated rings. The van der Waals surface area contributed by atoms with Crippen molar-refractivity contribution in [2.45, 2.75) is 52.9 Å². The summed E-state index contributed by atoms with van der Waals surface area (Å²) in [6.07, 6.45) is 5.73. The van der Waals surface area contributed by atoms with Crippen LogP contribution in [0.25, 0.3) is 10.9 Å². The van der Waals surface area contributed by atoms with Crippen LogP contribution >= 0.6 is 0 Å². The van der Waals surface area contributed by atoms with Gasteiger partial charge in [-0.3, -0.25) is 4.98 Å². The van der Waals surface area contributed by atoms with Crippen LogP contribution < -0.4 is 9.47 Å². The van der Waals surface area contributed by atoms with Gasteiger partial charge in [0.15, 0.2) is 11.5 Å². The predicted molar refractivity (Wildman–Crippen MR) is 108 cm³/mol. The Morgan fingerprint density at radius 3 is 2.62 bits per heavy atom. The van der Waals surface area contributed by atoms with E-state index in [9.17, 15) is 0 Å². The van der Waals surface area contributed by atoms with Crippen LogP contribution in [0.15, 0.2) is 12.1 Å². The monoisotopic (exact) mass is 356 g/mol. The second-order valence-electron chi connectivity index (χ2n) is 7.16. The fraction of sp³-hybridized carbons (Fsp3) is 0.591. The number of nitrogens with zero attached hydrogens (tertiary/aromatic N) is 2. The number of aromatic nitrogens is 1. The Morgan fingerprint density at radius 1 is 1.08 bits per heavy atom. The Morgan fingerprint density at radius 2 is 1.88 bits per heavy atom. The number of rotatable bonds is 9. The molecule has 4 heteroatoms. The topological polar surface area (TPSA) is 34.6 Å². The highest BCUT2D eigenvalue weighted by Gasteiger charge is 2.19. The lowest BCUT2D eigenvalue weighted by atomic mass is 10.0. The summed E-state index contributed by atoms with van der Waals surface area (Å²) in [7, 11) is 1.72. The van der Waals surface area contributed by atoms with Crippen molar-refractivity contribution in [3.05, 3.63) is 29.0 Å². The molecule has 0 spiro atoms. The molecule has 0 unspecified atom stereocenters. The second-order valence-corrected chi connectivity index (χ2v) is 7.16. The van der Waals surface area contributed by atoms with E-state index in [0.29, 0.717) is 6.61 Å². The maximum atomic E-state index is 6.08. The summed E-state index contributed by atoms with van der Waals surface area (Å²) in [4.78, 5) is 7.30. The molecule has 0 N–H and O–H groups in total. The highest BCUT2D eigenvalue weighted by Crippen LogP contribution is 2.37. The van der Waals surface area contributed by atoms with Crippen LogP contribution in [0.2, 0.25) is 0 Å². The number of aryl methyl sites for hydroxylation is 2. The van der Waals surface area contributed by atoms with E-state index in [1.807, 2.05) is 0 Å². The molecule has 26 heavy (non-hydrogen) atoms. The Labute approximate surface area is 157 Å². The maximum Gasteiger partial charge on any atom is 0.163 e. The Balaban J connectivity index is 1.75. The van der Waals surface area contributed by atoms with Crippen LogP contribution in [0.3, 0.4) is 0 Å². The predicted octanol–water partition coefficient (Wildman–Crippen LogP) is 4.54. The van der Waals surface area contributed by atoms with Gasteiger partial charge in [-0.05, 0) is 69.3 Å². The van der Waals surface area contributed by atoms with E-state index in [-0.39, 0.29) is 0 Å². The molecule has 0 aliphatic heterocycles. The highest BCUT2D eigenvalue weighted by atomic mass is 16.5. The largest absolute Gasteiger partial charge is 0.493 e. The number of hydrogen-bond acceptors (Lipinski definition) is 4. The van der Waals surface area contributed by atoms with Gasteiger partial charge in [-0.1, -0.05) is 13.8 Å². The minimum Gasteiger partial charge on any atom is -0.493 e. The highest BCUT2D eigenvalue weighted by molar-refractivity contribution is 5.87. The molecule has 1 aliphatic rings. The zero-order valence-electron chi connectivity index (χ0n) is 16.7. The molecule has 4 nitrogen and oxygen atoms in total. The van der Waals surface area contributed by atoms with Crippen molar-refractivity contribution in [2.24, 2.45) is 0 Å². The molecule has 0 saturated heterocycles. The van der Waals surface area contributed by atoms with Crippen molar-refractivity contribution in [3.63, 3.8) is 0 Å². The van der Waals surface area contributed by atoms with E-state index >= 15 is 0 Å². The number of benzene rings is 1. The van der Waals surface area contributed by atoms with Gasteiger partial charge < -0.3 is 14.4 Å². The van der Waals surface area contributed by atoms with Crippen LogP contribution in [0.5, 0.6) is 11.5 Å². The van der Waals surface area contributed by atoms with Crippen LogP contribution in [0.1, 0.15) is 49.9 Å². The zero-order valence-corrected chi connectivity index (χ0v) is 16.7. The number of methoxy groups -OCH3 is 1. The van der Waals surface area contributed by atoms with Crippen LogP contribution in [-0.4, -0.2) is 43.2 Å². The molecule has 2 aromatic rings. The standard InChI is InChI=1S/C22H32N2O2/c1-5-11-24(6-2)12-8-13-26-22-15-20-19(14-21(22)25-4)18-10-7-9-17(18)16(3)23-20/h14-15H,5-13H2,1-4H3. The van der Waals surface area contributed by atoms with Gasteiger partial charge in [0, 0.05) is 23.7 Å². The van der Waals surface area contributed by atoms with Crippen LogP contribution in [0.4, 0.5) is 0 Å². The minimum atomic E-state index is 0.700. The van der Waals surface area contributed by atoms with Gasteiger partial charge in [0.2, 0.25) is 0 Å². The van der Waals surface area contributed by atoms with E-state index in [4.69, 9.17) is 14.5 Å². The molecule has 1 aromatic heterocycles. The van der Waals surface area contributed by atoms with Gasteiger partial charge >= 0.3 is 0 Å². The number of pyridine rings is 1. The van der Waals surface area contributed by atoms with Crippen LogP contribution in [-0.2, 0) is 12.8 Å². The molecule has 0 radical (unpaired) electrons. The Hall–Kier alpha value is -1.81. The lowest BCUT2D eigenvalue weighted by Crippen LogP contribution is -2.26. The lowest BCUT2D eigenvalue weighted by Gasteiger charge is -2.19. The van der Waals surface area contributed by atoms with Crippen molar-refractivity contribution in [1.29, 1.82) is 0 Å². The molecule has 3 rings (SSSR count). The van der Waals surface area contributed by atoms with Gasteiger partial charge in [-0.25, -0.2) is 0 Å². The molecular formula is C22H32N2O2. The van der Waals surface area contributed by atoms with E-state index in [1.165, 1.54) is 35.0 Å². The third-order valence-corrected chi connectivity index (χ3v) is 5.41. The average molecular weight is 357 g/mol. The maximum absolute atomic E-state index is 6.08. The summed E-state index contributed by atoms with van der Waals surface area (Å²) in [6.45, 7) is 10.6. The van der Waals surface area contributed by atoms with Gasteiger partial charge in [0.25, 0.3) is 0 Å². The summed E-state index contributed by atoms with van der Waals surface area (Å²) in [5.41, 5.74) is 5.08. The summed E-state index contributed by atoms with van der Waals surface area (Å²) in [5.74, 6) is 1.63. The van der Waals surface area contributed by atoms with E-state index in [1.54, 1.807) is 7.11 Å². The van der Waals surface area contributed by atoms with Crippen molar-refractivity contribution in [2.75, 3.05) is 33.4 Å². The second kappa shape index (κ2) is 8.72. The molecule has 1 heterocycles. The Bertz CT molecular complexity index is 758. The third kappa shape index (κ3) is 3.96. The summed E-state index contributed by atoms with van der Waals surface area (Å²) >= 11 is 0. The average Bonchev–Trinajstić information content (AvgIpc) is 3.14. The number of fused-ring (bicyclic) bond motifs is 3. The lowest BCUT2D eigenvalue weighted by molar-refractivity contribution is 0.236. The first-order valence-electron chi connectivity index (χ1n) is 10.0. The number of ether oxygens (including phenoxy) is 2. The molecule has 0 bridgehead atoms. The molecule has 0 amide bonds. The molecular weight excluding hydrogens is 324 g/mol. The fourth-order valence-electron chi connectivity index (χ4n) is 4.06. The van der Waals surface area contributed by atoms with E-state index in [0.717, 1.165) is 55.9 Å². The molecule has 142 valence electrons. The molecule has 0 atom stereocenters. The van der Waals surface area contributed by atoms with Gasteiger partial charge in [0.1, 0.15) is 0 Å². The summed E-state index contributed by atoms with van der Waals surface area (Å²) in [5, 5.41) is 1.23. The molecule has 0 saturated carbocycles. The van der Waals surface area contributed by atoms with Crippen molar-refractivity contribution in [3.8, 4) is 11.5 Å². The zero-order chi connectivity index (χ0) is 18.5. The number of hydrogen-bond donors (Lipinski definition) is 0.